The Bertz CT molecular complexity index is 242. The highest BCUT2D eigenvalue weighted by atomic mass is 16.4. The Morgan fingerprint density at radius 1 is 1.29 bits per heavy atom. The van der Waals surface area contributed by atoms with Crippen molar-refractivity contribution >= 4 is 5.97 Å². The van der Waals surface area contributed by atoms with E-state index in [1.165, 1.54) is 25.7 Å². The van der Waals surface area contributed by atoms with E-state index in [0.717, 1.165) is 38.9 Å². The number of carboxylic acid groups (broad SMARTS) is 1. The van der Waals surface area contributed by atoms with Crippen molar-refractivity contribution in [3.63, 3.8) is 0 Å². The monoisotopic (exact) mass is 241 g/mol. The Hall–Kier alpha value is -0.570. The normalized spacial score (nSPS) is 26.0. The molecule has 0 aromatic carbocycles. The Labute approximate surface area is 105 Å². The van der Waals surface area contributed by atoms with E-state index in [9.17, 15) is 9.90 Å². The molecule has 0 aromatic rings. The fourth-order valence-electron chi connectivity index (χ4n) is 2.79. The van der Waals surface area contributed by atoms with Crippen molar-refractivity contribution in [3.8, 4) is 0 Å². The minimum absolute atomic E-state index is 0.469. The molecule has 0 bridgehead atoms. The number of nitrogens with zero attached hydrogens (tertiary/aromatic N) is 1. The molecule has 1 fully saturated rings. The number of hydrogen-bond acceptors (Lipinski definition) is 2. The smallest absolute Gasteiger partial charge is 0.310 e. The lowest BCUT2D eigenvalue weighted by Gasteiger charge is -2.39. The predicted octanol–water partition coefficient (Wildman–Crippen LogP) is 3.14. The van der Waals surface area contributed by atoms with Crippen LogP contribution in [0.2, 0.25) is 0 Å². The van der Waals surface area contributed by atoms with Crippen LogP contribution in [0.1, 0.15) is 58.8 Å². The third-order valence-corrected chi connectivity index (χ3v) is 4.11. The number of carboxylic acids is 1. The summed E-state index contributed by atoms with van der Waals surface area (Å²) in [5.41, 5.74) is -0.469. The van der Waals surface area contributed by atoms with E-state index in [1.807, 2.05) is 6.92 Å². The van der Waals surface area contributed by atoms with Crippen LogP contribution in [0.25, 0.3) is 0 Å². The number of unbranched alkanes of at least 4 members (excludes halogenated alkanes) is 3. The van der Waals surface area contributed by atoms with Crippen LogP contribution in [0.15, 0.2) is 0 Å². The molecule has 0 spiro atoms. The van der Waals surface area contributed by atoms with Gasteiger partial charge < -0.3 is 10.0 Å². The number of carbonyl (C=O) groups is 1. The van der Waals surface area contributed by atoms with Gasteiger partial charge in [0.25, 0.3) is 0 Å². The average molecular weight is 241 g/mol. The summed E-state index contributed by atoms with van der Waals surface area (Å²) in [6.45, 7) is 7.14. The maximum Gasteiger partial charge on any atom is 0.310 e. The van der Waals surface area contributed by atoms with Gasteiger partial charge in [0, 0.05) is 6.54 Å². The van der Waals surface area contributed by atoms with Crippen molar-refractivity contribution in [2.75, 3.05) is 19.6 Å². The van der Waals surface area contributed by atoms with Gasteiger partial charge in [-0.05, 0) is 38.8 Å². The lowest BCUT2D eigenvalue weighted by atomic mass is 9.77. The van der Waals surface area contributed by atoms with Crippen LogP contribution < -0.4 is 0 Å². The second-order valence-corrected chi connectivity index (χ2v) is 5.38. The van der Waals surface area contributed by atoms with Gasteiger partial charge in [-0.25, -0.2) is 0 Å². The second-order valence-electron chi connectivity index (χ2n) is 5.38. The average Bonchev–Trinajstić information content (AvgIpc) is 2.34. The molecule has 0 aliphatic carbocycles. The number of hydrogen-bond donors (Lipinski definition) is 1. The number of piperidine rings is 1. The Morgan fingerprint density at radius 3 is 2.65 bits per heavy atom. The first-order chi connectivity index (χ1) is 8.14. The fourth-order valence-corrected chi connectivity index (χ4v) is 2.79. The molecule has 1 N–H and O–H groups in total. The van der Waals surface area contributed by atoms with Crippen molar-refractivity contribution in [3.05, 3.63) is 0 Å². The van der Waals surface area contributed by atoms with E-state index in [1.54, 1.807) is 0 Å². The van der Waals surface area contributed by atoms with Crippen LogP contribution in [-0.4, -0.2) is 35.6 Å². The maximum absolute atomic E-state index is 11.4. The van der Waals surface area contributed by atoms with Crippen LogP contribution >= 0.6 is 0 Å². The third-order valence-electron chi connectivity index (χ3n) is 4.11. The summed E-state index contributed by atoms with van der Waals surface area (Å²) < 4.78 is 0. The molecule has 1 saturated heterocycles. The van der Waals surface area contributed by atoms with Crippen LogP contribution in [0.5, 0.6) is 0 Å². The first-order valence-corrected chi connectivity index (χ1v) is 7.10. The molecule has 1 heterocycles. The largest absolute Gasteiger partial charge is 0.481 e. The first-order valence-electron chi connectivity index (χ1n) is 7.10. The van der Waals surface area contributed by atoms with Gasteiger partial charge in [0.05, 0.1) is 5.41 Å². The molecule has 1 aliphatic rings. The standard InChI is InChI=1S/C14H27NO2/c1-3-5-6-7-10-15-11-8-9-14(4-2,12-15)13(16)17/h3-12H2,1-2H3,(H,16,17). The molecular weight excluding hydrogens is 214 g/mol. The number of likely N-dealkylation sites (tertiary alicyclic amines) is 1. The van der Waals surface area contributed by atoms with Crippen LogP contribution in [0.3, 0.4) is 0 Å². The highest BCUT2D eigenvalue weighted by molar-refractivity contribution is 5.75. The van der Waals surface area contributed by atoms with Gasteiger partial charge in [-0.2, -0.15) is 0 Å². The maximum atomic E-state index is 11.4. The molecule has 0 saturated carbocycles. The quantitative estimate of drug-likeness (QED) is 0.696. The van der Waals surface area contributed by atoms with E-state index in [-0.39, 0.29) is 0 Å². The highest BCUT2D eigenvalue weighted by Gasteiger charge is 2.40. The van der Waals surface area contributed by atoms with Gasteiger partial charge >= 0.3 is 5.97 Å². The van der Waals surface area contributed by atoms with Crippen molar-refractivity contribution in [1.29, 1.82) is 0 Å². The van der Waals surface area contributed by atoms with Crippen LogP contribution in [-0.2, 0) is 4.79 Å². The van der Waals surface area contributed by atoms with Gasteiger partial charge in [0.2, 0.25) is 0 Å². The molecular formula is C14H27NO2. The minimum Gasteiger partial charge on any atom is -0.481 e. The van der Waals surface area contributed by atoms with Gasteiger partial charge in [-0.3, -0.25) is 4.79 Å². The summed E-state index contributed by atoms with van der Waals surface area (Å²) in [5, 5.41) is 9.39. The van der Waals surface area contributed by atoms with E-state index >= 15 is 0 Å². The van der Waals surface area contributed by atoms with Gasteiger partial charge in [-0.1, -0.05) is 33.1 Å². The van der Waals surface area contributed by atoms with Gasteiger partial charge in [-0.15, -0.1) is 0 Å². The summed E-state index contributed by atoms with van der Waals surface area (Å²) in [7, 11) is 0. The molecule has 3 nitrogen and oxygen atoms in total. The van der Waals surface area contributed by atoms with E-state index < -0.39 is 11.4 Å². The van der Waals surface area contributed by atoms with Crippen LogP contribution in [0.4, 0.5) is 0 Å². The van der Waals surface area contributed by atoms with Gasteiger partial charge in [0.15, 0.2) is 0 Å². The van der Waals surface area contributed by atoms with E-state index in [2.05, 4.69) is 11.8 Å². The number of aliphatic carboxylic acids is 1. The van der Waals surface area contributed by atoms with E-state index in [0.29, 0.717) is 0 Å². The third kappa shape index (κ3) is 3.98. The lowest BCUT2D eigenvalue weighted by molar-refractivity contribution is -0.152. The second kappa shape index (κ2) is 7.00. The molecule has 1 aliphatic heterocycles. The summed E-state index contributed by atoms with van der Waals surface area (Å²) in [6.07, 6.45) is 7.69. The summed E-state index contributed by atoms with van der Waals surface area (Å²) >= 11 is 0. The molecule has 0 radical (unpaired) electrons. The molecule has 0 amide bonds. The Kier molecular flexibility index (Phi) is 5.96. The SMILES string of the molecule is CCCCCCN1CCCC(CC)(C(=O)O)C1. The zero-order valence-electron chi connectivity index (χ0n) is 11.4. The zero-order valence-corrected chi connectivity index (χ0v) is 11.4. The molecule has 17 heavy (non-hydrogen) atoms. The van der Waals surface area contributed by atoms with Crippen molar-refractivity contribution in [2.45, 2.75) is 58.8 Å². The Balaban J connectivity index is 2.40. The molecule has 1 unspecified atom stereocenters. The molecule has 1 atom stereocenters. The van der Waals surface area contributed by atoms with Crippen molar-refractivity contribution in [1.82, 2.24) is 4.90 Å². The minimum atomic E-state index is -0.599. The summed E-state index contributed by atoms with van der Waals surface area (Å²) in [4.78, 5) is 13.8. The van der Waals surface area contributed by atoms with E-state index in [4.69, 9.17) is 0 Å². The van der Waals surface area contributed by atoms with Crippen molar-refractivity contribution in [2.24, 2.45) is 5.41 Å². The molecule has 100 valence electrons. The Morgan fingerprint density at radius 2 is 2.06 bits per heavy atom. The summed E-state index contributed by atoms with van der Waals surface area (Å²) in [5.74, 6) is -0.599. The first kappa shape index (κ1) is 14.5. The zero-order chi connectivity index (χ0) is 12.7. The van der Waals surface area contributed by atoms with Crippen molar-refractivity contribution < 1.29 is 9.90 Å². The highest BCUT2D eigenvalue weighted by Crippen LogP contribution is 2.33. The number of rotatable bonds is 7. The van der Waals surface area contributed by atoms with Crippen LogP contribution in [0, 0.1) is 5.41 Å². The van der Waals surface area contributed by atoms with Gasteiger partial charge in [0.1, 0.15) is 0 Å². The molecule has 3 heteroatoms. The lowest BCUT2D eigenvalue weighted by Crippen LogP contribution is -2.47. The summed E-state index contributed by atoms with van der Waals surface area (Å²) in [6, 6.07) is 0. The topological polar surface area (TPSA) is 40.5 Å². The predicted molar refractivity (Wildman–Crippen MR) is 70.2 cm³/mol. The fraction of sp³-hybridized carbons (Fsp3) is 0.929. The molecule has 1 rings (SSSR count). The molecule has 0 aromatic heterocycles.